The molecule has 0 unspecified atom stereocenters. The zero-order chi connectivity index (χ0) is 11.1. The molecule has 0 aliphatic rings. The van der Waals surface area contributed by atoms with Gasteiger partial charge in [-0.3, -0.25) is 4.79 Å². The highest BCUT2D eigenvalue weighted by atomic mass is 79.9. The van der Waals surface area contributed by atoms with Crippen molar-refractivity contribution in [2.45, 2.75) is 6.42 Å². The largest absolute Gasteiger partial charge is 0.293 e. The van der Waals surface area contributed by atoms with Crippen LogP contribution in [-0.2, 0) is 0 Å². The number of Topliss-reactive ketones (excluding diaryl/α,β-unsaturated/α-hetero) is 1. The van der Waals surface area contributed by atoms with Crippen LogP contribution in [0, 0.1) is 11.3 Å². The topological polar surface area (TPSA) is 40.9 Å². The lowest BCUT2D eigenvalue weighted by atomic mass is 10.1. The maximum Gasteiger partial charge on any atom is 0.176 e. The number of hydrogen-bond donors (Lipinski definition) is 0. The van der Waals surface area contributed by atoms with Gasteiger partial charge in [-0.1, -0.05) is 46.3 Å². The van der Waals surface area contributed by atoms with Gasteiger partial charge in [0.2, 0.25) is 0 Å². The fourth-order valence-electron chi connectivity index (χ4n) is 1.17. The minimum atomic E-state index is -0.133. The molecule has 0 spiro atoms. The van der Waals surface area contributed by atoms with E-state index in [-0.39, 0.29) is 12.2 Å². The lowest BCUT2D eigenvalue weighted by molar-refractivity contribution is 0.0997. The van der Waals surface area contributed by atoms with Crippen molar-refractivity contribution >= 4 is 27.8 Å². The van der Waals surface area contributed by atoms with Gasteiger partial charge in [-0.2, -0.15) is 5.26 Å². The quantitative estimate of drug-likeness (QED) is 0.619. The van der Waals surface area contributed by atoms with Crippen LogP contribution in [0.25, 0.3) is 6.08 Å². The second kappa shape index (κ2) is 6.15. The second-order valence-electron chi connectivity index (χ2n) is 2.94. The highest BCUT2D eigenvalue weighted by Crippen LogP contribution is 2.09. The molecule has 0 saturated carbocycles. The molecule has 3 heteroatoms. The number of carbonyl (C=O) groups excluding carboxylic acids is 1. The van der Waals surface area contributed by atoms with Crippen LogP contribution in [0.3, 0.4) is 0 Å². The van der Waals surface area contributed by atoms with Gasteiger partial charge >= 0.3 is 0 Å². The Hall–Kier alpha value is -1.40. The number of nitriles is 1. The van der Waals surface area contributed by atoms with Gasteiger partial charge < -0.3 is 0 Å². The Kier molecular flexibility index (Phi) is 4.79. The molecule has 1 aromatic carbocycles. The molecule has 0 radical (unpaired) electrons. The van der Waals surface area contributed by atoms with Gasteiger partial charge in [0.25, 0.3) is 0 Å². The molecular formula is C12H10BrNO. The Morgan fingerprint density at radius 1 is 1.53 bits per heavy atom. The molecule has 0 atom stereocenters. The van der Waals surface area contributed by atoms with Crippen molar-refractivity contribution in [2.24, 2.45) is 0 Å². The first-order chi connectivity index (χ1) is 7.27. The molecule has 1 rings (SSSR count). The van der Waals surface area contributed by atoms with Gasteiger partial charge in [0, 0.05) is 10.9 Å². The molecule has 0 saturated heterocycles. The molecule has 76 valence electrons. The van der Waals surface area contributed by atoms with Crippen LogP contribution < -0.4 is 0 Å². The summed E-state index contributed by atoms with van der Waals surface area (Å²) in [5.74, 6) is -0.133. The fourth-order valence-corrected chi connectivity index (χ4v) is 1.36. The summed E-state index contributed by atoms with van der Waals surface area (Å²) in [6.07, 6.45) is 3.82. The molecule has 0 amide bonds. The summed E-state index contributed by atoms with van der Waals surface area (Å²) in [6.45, 7) is 0. The van der Waals surface area contributed by atoms with Crippen LogP contribution in [0.2, 0.25) is 0 Å². The van der Waals surface area contributed by atoms with Crippen molar-refractivity contribution < 1.29 is 4.79 Å². The Labute approximate surface area is 97.4 Å². The lowest BCUT2D eigenvalue weighted by Crippen LogP contribution is -1.96. The minimum absolute atomic E-state index is 0.0639. The summed E-state index contributed by atoms with van der Waals surface area (Å²) < 4.78 is 0. The predicted molar refractivity (Wildman–Crippen MR) is 63.8 cm³/mol. The van der Waals surface area contributed by atoms with Crippen molar-refractivity contribution in [3.05, 3.63) is 41.5 Å². The van der Waals surface area contributed by atoms with Gasteiger partial charge in [0.1, 0.15) is 0 Å². The molecule has 0 N–H and O–H groups in total. The zero-order valence-electron chi connectivity index (χ0n) is 8.11. The third-order valence-corrected chi connectivity index (χ3v) is 2.22. The van der Waals surface area contributed by atoms with Crippen molar-refractivity contribution in [2.75, 3.05) is 5.33 Å². The highest BCUT2D eigenvalue weighted by Gasteiger charge is 2.04. The minimum Gasteiger partial charge on any atom is -0.293 e. The van der Waals surface area contributed by atoms with Crippen LogP contribution in [0.5, 0.6) is 0 Å². The van der Waals surface area contributed by atoms with E-state index >= 15 is 0 Å². The Bertz CT molecular complexity index is 418. The van der Waals surface area contributed by atoms with Crippen molar-refractivity contribution in [3.8, 4) is 6.07 Å². The van der Waals surface area contributed by atoms with Crippen LogP contribution in [0.1, 0.15) is 22.3 Å². The van der Waals surface area contributed by atoms with Crippen LogP contribution in [0.15, 0.2) is 30.3 Å². The monoisotopic (exact) mass is 263 g/mol. The summed E-state index contributed by atoms with van der Waals surface area (Å²) in [5, 5.41) is 9.20. The fraction of sp³-hybridized carbons (Fsp3) is 0.167. The second-order valence-corrected chi connectivity index (χ2v) is 3.59. The van der Waals surface area contributed by atoms with E-state index in [1.807, 2.05) is 30.4 Å². The number of halogens is 1. The molecular weight excluding hydrogens is 254 g/mol. The third kappa shape index (κ3) is 3.69. The van der Waals surface area contributed by atoms with E-state index in [9.17, 15) is 4.79 Å². The average Bonchev–Trinajstić information content (AvgIpc) is 2.27. The van der Waals surface area contributed by atoms with E-state index in [0.29, 0.717) is 5.56 Å². The predicted octanol–water partition coefficient (Wildman–Crippen LogP) is 3.19. The molecule has 0 fully saturated rings. The average molecular weight is 264 g/mol. The number of nitrogens with zero attached hydrogens (tertiary/aromatic N) is 1. The van der Waals surface area contributed by atoms with E-state index in [1.54, 1.807) is 12.1 Å². The number of benzene rings is 1. The summed E-state index contributed by atoms with van der Waals surface area (Å²) >= 11 is 3.28. The smallest absolute Gasteiger partial charge is 0.176 e. The van der Waals surface area contributed by atoms with Gasteiger partial charge in [-0.25, -0.2) is 0 Å². The summed E-state index contributed by atoms with van der Waals surface area (Å²) in [7, 11) is 0. The first kappa shape index (κ1) is 11.7. The maximum absolute atomic E-state index is 11.4. The SMILES string of the molecule is N#CCC(=O)c1cccc(C=CCBr)c1. The van der Waals surface area contributed by atoms with Crippen LogP contribution >= 0.6 is 15.9 Å². The van der Waals surface area contributed by atoms with Gasteiger partial charge in [0.15, 0.2) is 5.78 Å². The van der Waals surface area contributed by atoms with E-state index in [1.165, 1.54) is 0 Å². The highest BCUT2D eigenvalue weighted by molar-refractivity contribution is 9.09. The number of hydrogen-bond acceptors (Lipinski definition) is 2. The van der Waals surface area contributed by atoms with Gasteiger partial charge in [-0.15, -0.1) is 0 Å². The molecule has 15 heavy (non-hydrogen) atoms. The number of ketones is 1. The Morgan fingerprint density at radius 2 is 2.33 bits per heavy atom. The summed E-state index contributed by atoms with van der Waals surface area (Å²) in [6, 6.07) is 9.11. The molecule has 1 aromatic rings. The van der Waals surface area contributed by atoms with Crippen LogP contribution in [0.4, 0.5) is 0 Å². The van der Waals surface area contributed by atoms with E-state index in [4.69, 9.17) is 5.26 Å². The number of alkyl halides is 1. The van der Waals surface area contributed by atoms with Crippen molar-refractivity contribution in [3.63, 3.8) is 0 Å². The standard InChI is InChI=1S/C12H10BrNO/c13-7-2-4-10-3-1-5-11(9-10)12(15)6-8-14/h1-5,9H,6-7H2. The van der Waals surface area contributed by atoms with E-state index in [0.717, 1.165) is 10.9 Å². The molecule has 0 aliphatic heterocycles. The lowest BCUT2D eigenvalue weighted by Gasteiger charge is -1.98. The first-order valence-electron chi connectivity index (χ1n) is 4.50. The summed E-state index contributed by atoms with van der Waals surface area (Å²) in [5.41, 5.74) is 1.56. The Morgan fingerprint density at radius 3 is 3.00 bits per heavy atom. The number of carbonyl (C=O) groups is 1. The van der Waals surface area contributed by atoms with Gasteiger partial charge in [-0.05, 0) is 11.6 Å². The van der Waals surface area contributed by atoms with Gasteiger partial charge in [0.05, 0.1) is 12.5 Å². The molecule has 0 heterocycles. The zero-order valence-corrected chi connectivity index (χ0v) is 9.70. The summed E-state index contributed by atoms with van der Waals surface area (Å²) in [4.78, 5) is 11.4. The number of allylic oxidation sites excluding steroid dienone is 1. The van der Waals surface area contributed by atoms with E-state index < -0.39 is 0 Å². The number of rotatable bonds is 4. The maximum atomic E-state index is 11.4. The van der Waals surface area contributed by atoms with Crippen molar-refractivity contribution in [1.82, 2.24) is 0 Å². The Balaban J connectivity index is 2.88. The molecule has 0 bridgehead atoms. The first-order valence-corrected chi connectivity index (χ1v) is 5.63. The molecule has 0 aliphatic carbocycles. The van der Waals surface area contributed by atoms with E-state index in [2.05, 4.69) is 15.9 Å². The molecule has 0 aromatic heterocycles. The van der Waals surface area contributed by atoms with Crippen molar-refractivity contribution in [1.29, 1.82) is 5.26 Å². The van der Waals surface area contributed by atoms with Crippen LogP contribution in [-0.4, -0.2) is 11.1 Å². The third-order valence-electron chi connectivity index (χ3n) is 1.85. The normalized spacial score (nSPS) is 10.1. The molecule has 2 nitrogen and oxygen atoms in total.